The summed E-state index contributed by atoms with van der Waals surface area (Å²) in [6.07, 6.45) is 5.92. The molecule has 0 aromatic carbocycles. The fraction of sp³-hybridized carbons (Fsp3) is 0.900. The molecule has 0 aromatic rings. The highest BCUT2D eigenvalue weighted by Crippen LogP contribution is 2.40. The Morgan fingerprint density at radius 1 is 1.42 bits per heavy atom. The Balaban J connectivity index is 1.83. The first kappa shape index (κ1) is 8.24. The van der Waals surface area contributed by atoms with Gasteiger partial charge in [0, 0.05) is 12.3 Å². The normalized spacial score (nSPS) is 38.9. The lowest BCUT2D eigenvalue weighted by Crippen LogP contribution is -2.21. The lowest BCUT2D eigenvalue weighted by atomic mass is 9.85. The maximum absolute atomic E-state index is 11.5. The van der Waals surface area contributed by atoms with Gasteiger partial charge in [-0.05, 0) is 25.7 Å². The molecule has 3 atom stereocenters. The summed E-state index contributed by atoms with van der Waals surface area (Å²) in [5, 5.41) is 0. The second-order valence-electron chi connectivity index (χ2n) is 3.94. The number of epoxide rings is 1. The average Bonchev–Trinajstić information content (AvgIpc) is 2.81. The van der Waals surface area contributed by atoms with Crippen molar-refractivity contribution in [2.45, 2.75) is 51.2 Å². The van der Waals surface area contributed by atoms with Crippen molar-refractivity contribution in [2.75, 3.05) is 0 Å². The van der Waals surface area contributed by atoms with Crippen molar-refractivity contribution in [3.63, 3.8) is 0 Å². The second-order valence-corrected chi connectivity index (χ2v) is 3.94. The predicted octanol–water partition coefficient (Wildman–Crippen LogP) is 1.92. The molecule has 0 radical (unpaired) electrons. The zero-order chi connectivity index (χ0) is 8.55. The minimum Gasteiger partial charge on any atom is -0.370 e. The summed E-state index contributed by atoms with van der Waals surface area (Å²) in [5.74, 6) is 0.792. The summed E-state index contributed by atoms with van der Waals surface area (Å²) in [5.41, 5.74) is 0. The number of carbonyl (C=O) groups is 1. The molecule has 2 aliphatic rings. The number of hydrogen-bond acceptors (Lipinski definition) is 2. The molecule has 0 amide bonds. The van der Waals surface area contributed by atoms with Crippen LogP contribution in [0.4, 0.5) is 0 Å². The molecule has 2 heteroatoms. The smallest absolute Gasteiger partial charge is 0.136 e. The number of hydrogen-bond donors (Lipinski definition) is 0. The van der Waals surface area contributed by atoms with E-state index in [4.69, 9.17) is 4.74 Å². The summed E-state index contributed by atoms with van der Waals surface area (Å²) in [7, 11) is 0. The zero-order valence-corrected chi connectivity index (χ0v) is 7.58. The first-order valence-corrected chi connectivity index (χ1v) is 4.99. The Labute approximate surface area is 73.3 Å². The van der Waals surface area contributed by atoms with Crippen LogP contribution in [-0.4, -0.2) is 18.0 Å². The van der Waals surface area contributed by atoms with Gasteiger partial charge in [0.15, 0.2) is 0 Å². The van der Waals surface area contributed by atoms with Gasteiger partial charge in [0.1, 0.15) is 5.78 Å². The van der Waals surface area contributed by atoms with E-state index in [9.17, 15) is 4.79 Å². The van der Waals surface area contributed by atoms with Gasteiger partial charge in [-0.2, -0.15) is 0 Å². The number of carbonyl (C=O) groups excluding carboxylic acids is 1. The molecule has 68 valence electrons. The van der Waals surface area contributed by atoms with E-state index in [1.54, 1.807) is 0 Å². The summed E-state index contributed by atoms with van der Waals surface area (Å²) in [6.45, 7) is 2.07. The number of fused-ring (bicyclic) bond motifs is 1. The minimum atomic E-state index is 0.327. The third-order valence-electron chi connectivity index (χ3n) is 2.96. The molecule has 1 saturated heterocycles. The highest BCUT2D eigenvalue weighted by atomic mass is 16.6. The Bertz CT molecular complexity index is 188. The zero-order valence-electron chi connectivity index (χ0n) is 7.58. The molecule has 0 N–H and O–H groups in total. The van der Waals surface area contributed by atoms with E-state index in [-0.39, 0.29) is 0 Å². The van der Waals surface area contributed by atoms with Gasteiger partial charge < -0.3 is 4.74 Å². The third-order valence-corrected chi connectivity index (χ3v) is 2.96. The van der Waals surface area contributed by atoms with Crippen LogP contribution in [0.2, 0.25) is 0 Å². The van der Waals surface area contributed by atoms with E-state index in [1.807, 2.05) is 0 Å². The fourth-order valence-electron chi connectivity index (χ4n) is 2.15. The first-order valence-electron chi connectivity index (χ1n) is 4.99. The Kier molecular flexibility index (Phi) is 2.18. The second kappa shape index (κ2) is 3.17. The van der Waals surface area contributed by atoms with E-state index in [0.717, 1.165) is 32.1 Å². The quantitative estimate of drug-likeness (QED) is 0.602. The number of Topliss-reactive ketones (excluding diaryl/α,β-unsaturated/α-hetero) is 1. The lowest BCUT2D eigenvalue weighted by molar-refractivity contribution is -0.123. The van der Waals surface area contributed by atoms with Crippen molar-refractivity contribution in [2.24, 2.45) is 5.92 Å². The number of ketones is 1. The van der Waals surface area contributed by atoms with Crippen LogP contribution >= 0.6 is 0 Å². The largest absolute Gasteiger partial charge is 0.370 e. The number of rotatable bonds is 3. The molecule has 2 fully saturated rings. The van der Waals surface area contributed by atoms with Crippen LogP contribution in [0.1, 0.15) is 39.0 Å². The molecule has 1 heterocycles. The minimum absolute atomic E-state index is 0.327. The van der Waals surface area contributed by atoms with E-state index in [1.165, 1.54) is 0 Å². The van der Waals surface area contributed by atoms with Crippen LogP contribution in [0.15, 0.2) is 0 Å². The number of ether oxygens (including phenoxy) is 1. The highest BCUT2D eigenvalue weighted by Gasteiger charge is 2.45. The van der Waals surface area contributed by atoms with Crippen molar-refractivity contribution in [1.82, 2.24) is 0 Å². The molecule has 1 aliphatic heterocycles. The Morgan fingerprint density at radius 3 is 2.92 bits per heavy atom. The Morgan fingerprint density at radius 2 is 2.25 bits per heavy atom. The van der Waals surface area contributed by atoms with Crippen molar-refractivity contribution < 1.29 is 9.53 Å². The van der Waals surface area contributed by atoms with Crippen LogP contribution in [0, 0.1) is 5.92 Å². The molecule has 1 saturated carbocycles. The molecule has 2 rings (SSSR count). The molecule has 2 nitrogen and oxygen atoms in total. The molecule has 3 unspecified atom stereocenters. The standard InChI is InChI=1S/C10H16O2/c1-2-3-8(11)7-4-5-9-10(6-7)12-9/h7,9-10H,2-6H2,1H3. The van der Waals surface area contributed by atoms with Crippen molar-refractivity contribution in [3.05, 3.63) is 0 Å². The molecule has 12 heavy (non-hydrogen) atoms. The topological polar surface area (TPSA) is 29.6 Å². The summed E-state index contributed by atoms with van der Waals surface area (Å²) in [6, 6.07) is 0. The van der Waals surface area contributed by atoms with Crippen LogP contribution < -0.4 is 0 Å². The van der Waals surface area contributed by atoms with Gasteiger partial charge in [-0.25, -0.2) is 0 Å². The van der Waals surface area contributed by atoms with Gasteiger partial charge in [-0.1, -0.05) is 6.92 Å². The highest BCUT2D eigenvalue weighted by molar-refractivity contribution is 5.81. The van der Waals surface area contributed by atoms with Gasteiger partial charge >= 0.3 is 0 Å². The summed E-state index contributed by atoms with van der Waals surface area (Å²) >= 11 is 0. The Hall–Kier alpha value is -0.370. The molecule has 1 aliphatic carbocycles. The van der Waals surface area contributed by atoms with E-state index in [0.29, 0.717) is 23.9 Å². The third kappa shape index (κ3) is 1.53. The van der Waals surface area contributed by atoms with Gasteiger partial charge in [0.05, 0.1) is 12.2 Å². The van der Waals surface area contributed by atoms with Crippen LogP contribution in [0.25, 0.3) is 0 Å². The molecular formula is C10H16O2. The fourth-order valence-corrected chi connectivity index (χ4v) is 2.15. The van der Waals surface area contributed by atoms with Gasteiger partial charge in [0.25, 0.3) is 0 Å². The van der Waals surface area contributed by atoms with Crippen LogP contribution in [0.3, 0.4) is 0 Å². The maximum atomic E-state index is 11.5. The monoisotopic (exact) mass is 168 g/mol. The van der Waals surface area contributed by atoms with Crippen molar-refractivity contribution in [3.8, 4) is 0 Å². The first-order chi connectivity index (χ1) is 5.81. The van der Waals surface area contributed by atoms with Crippen molar-refractivity contribution >= 4 is 5.78 Å². The van der Waals surface area contributed by atoms with Crippen LogP contribution in [0.5, 0.6) is 0 Å². The summed E-state index contributed by atoms with van der Waals surface area (Å²) < 4.78 is 5.38. The molecule has 0 bridgehead atoms. The maximum Gasteiger partial charge on any atom is 0.136 e. The van der Waals surface area contributed by atoms with Crippen LogP contribution in [-0.2, 0) is 9.53 Å². The molecule has 0 spiro atoms. The van der Waals surface area contributed by atoms with Gasteiger partial charge in [0.2, 0.25) is 0 Å². The van der Waals surface area contributed by atoms with E-state index < -0.39 is 0 Å². The summed E-state index contributed by atoms with van der Waals surface area (Å²) in [4.78, 5) is 11.5. The lowest BCUT2D eigenvalue weighted by Gasteiger charge is -2.16. The SMILES string of the molecule is CCCC(=O)C1CCC2OC2C1. The van der Waals surface area contributed by atoms with E-state index >= 15 is 0 Å². The average molecular weight is 168 g/mol. The predicted molar refractivity (Wildman–Crippen MR) is 45.9 cm³/mol. The van der Waals surface area contributed by atoms with Gasteiger partial charge in [-0.15, -0.1) is 0 Å². The molecular weight excluding hydrogens is 152 g/mol. The van der Waals surface area contributed by atoms with Gasteiger partial charge in [-0.3, -0.25) is 4.79 Å². The van der Waals surface area contributed by atoms with E-state index in [2.05, 4.69) is 6.92 Å². The van der Waals surface area contributed by atoms with Crippen molar-refractivity contribution in [1.29, 1.82) is 0 Å². The molecule has 0 aromatic heterocycles.